The van der Waals surface area contributed by atoms with Crippen LogP contribution >= 0.6 is 22.7 Å². The zero-order valence-electron chi connectivity index (χ0n) is 34.3. The molecule has 0 amide bonds. The maximum atomic E-state index is 12.1. The first-order chi connectivity index (χ1) is 29.5. The van der Waals surface area contributed by atoms with E-state index in [2.05, 4.69) is 45.9 Å². The van der Waals surface area contributed by atoms with Crippen LogP contribution in [0.5, 0.6) is 11.5 Å². The van der Waals surface area contributed by atoms with Gasteiger partial charge >= 0.3 is 0 Å². The lowest BCUT2D eigenvalue weighted by molar-refractivity contribution is 0.0431. The van der Waals surface area contributed by atoms with Crippen LogP contribution < -0.4 is 30.3 Å². The first kappa shape index (κ1) is 42.0. The van der Waals surface area contributed by atoms with Gasteiger partial charge in [-0.3, -0.25) is 10.0 Å². The van der Waals surface area contributed by atoms with Gasteiger partial charge in [0.2, 0.25) is 0 Å². The number of ether oxygens (including phenoxy) is 2. The summed E-state index contributed by atoms with van der Waals surface area (Å²) in [6.45, 7) is 1.41. The van der Waals surface area contributed by atoms with Crippen LogP contribution in [0.15, 0.2) is 144 Å². The average Bonchev–Trinajstić information content (AvgIpc) is 4.13. The molecule has 0 aliphatic carbocycles. The van der Waals surface area contributed by atoms with Crippen LogP contribution in [0.2, 0.25) is 0 Å². The minimum Gasteiger partial charge on any atom is -0.494 e. The molecule has 0 spiro atoms. The molecule has 10 heteroatoms. The van der Waals surface area contributed by atoms with E-state index in [1.54, 1.807) is 22.7 Å². The number of nitrogens with zero attached hydrogens (tertiary/aromatic N) is 2. The van der Waals surface area contributed by atoms with Crippen LogP contribution in [-0.2, 0) is 11.4 Å². The average molecular weight is 843 g/mol. The fraction of sp³-hybridized carbons (Fsp3) is 0.360. The minimum atomic E-state index is -1.18. The number of unbranched alkanes of at least 4 members (excludes halogenated alkanes) is 9. The molecule has 6 aromatic rings. The molecular weight excluding hydrogens is 785 g/mol. The molecule has 4 aromatic carbocycles. The third kappa shape index (κ3) is 10.1. The highest BCUT2D eigenvalue weighted by atomic mass is 32.1. The Morgan fingerprint density at radius 3 is 1.18 bits per heavy atom. The maximum absolute atomic E-state index is 12.1. The molecule has 4 N–H and O–H groups in total. The summed E-state index contributed by atoms with van der Waals surface area (Å²) in [6.07, 6.45) is 13.1. The fourth-order valence-electron chi connectivity index (χ4n) is 8.53. The van der Waals surface area contributed by atoms with Gasteiger partial charge in [0.25, 0.3) is 0 Å². The molecule has 8 nitrogen and oxygen atoms in total. The van der Waals surface area contributed by atoms with Crippen LogP contribution in [-0.4, -0.2) is 23.4 Å². The van der Waals surface area contributed by atoms with E-state index in [1.807, 2.05) is 119 Å². The summed E-state index contributed by atoms with van der Waals surface area (Å²) in [5.74, 6) is 1.68. The predicted molar refractivity (Wildman–Crippen MR) is 245 cm³/mol. The summed E-state index contributed by atoms with van der Waals surface area (Å²) in [5.41, 5.74) is 8.32. The Balaban J connectivity index is 0.677. The van der Waals surface area contributed by atoms with Crippen molar-refractivity contribution in [2.75, 3.05) is 23.2 Å². The quantitative estimate of drug-likeness (QED) is 0.0533. The van der Waals surface area contributed by atoms with Crippen LogP contribution in [0.4, 0.5) is 11.4 Å². The van der Waals surface area contributed by atoms with Crippen molar-refractivity contribution < 1.29 is 19.7 Å². The lowest BCUT2D eigenvalue weighted by atomic mass is 9.96. The normalized spacial score (nSPS) is 21.4. The Hall–Kier alpha value is -4.68. The Bertz CT molecular complexity index is 1980. The number of hydrazine groups is 2. The zero-order valence-corrected chi connectivity index (χ0v) is 36.0. The number of aliphatic hydroxyl groups is 2. The van der Waals surface area contributed by atoms with Crippen molar-refractivity contribution in [3.63, 3.8) is 0 Å². The van der Waals surface area contributed by atoms with E-state index in [1.165, 1.54) is 61.1 Å². The van der Waals surface area contributed by atoms with Gasteiger partial charge < -0.3 is 19.7 Å². The smallest absolute Gasteiger partial charge is 0.179 e. The number of rotatable bonds is 21. The number of nitrogens with one attached hydrogen (secondary N) is 2. The molecule has 4 atom stereocenters. The number of hydrogen-bond acceptors (Lipinski definition) is 10. The van der Waals surface area contributed by atoms with Gasteiger partial charge in [-0.15, -0.1) is 22.7 Å². The van der Waals surface area contributed by atoms with Crippen LogP contribution in [0.1, 0.15) is 110 Å². The number of para-hydroxylation sites is 2. The fourth-order valence-corrected chi connectivity index (χ4v) is 10.1. The van der Waals surface area contributed by atoms with Crippen LogP contribution in [0.25, 0.3) is 0 Å². The third-order valence-corrected chi connectivity index (χ3v) is 13.8. The van der Waals surface area contributed by atoms with Gasteiger partial charge in [0, 0.05) is 33.7 Å². The molecule has 0 bridgehead atoms. The summed E-state index contributed by atoms with van der Waals surface area (Å²) in [6, 6.07) is 44.4. The van der Waals surface area contributed by atoms with Gasteiger partial charge in [0.05, 0.1) is 36.7 Å². The Labute approximate surface area is 363 Å². The van der Waals surface area contributed by atoms with Gasteiger partial charge in [-0.25, -0.2) is 10.9 Å². The van der Waals surface area contributed by atoms with Crippen LogP contribution in [0, 0.1) is 0 Å². The van der Waals surface area contributed by atoms with Crippen molar-refractivity contribution in [1.82, 2.24) is 10.9 Å². The topological polar surface area (TPSA) is 89.5 Å². The van der Waals surface area contributed by atoms with Crippen molar-refractivity contribution in [2.45, 2.75) is 101 Å². The van der Waals surface area contributed by atoms with Gasteiger partial charge in [0.15, 0.2) is 11.4 Å². The van der Waals surface area contributed by atoms with Crippen molar-refractivity contribution in [3.05, 3.63) is 165 Å². The third-order valence-electron chi connectivity index (χ3n) is 11.8. The van der Waals surface area contributed by atoms with Gasteiger partial charge in [-0.1, -0.05) is 124 Å². The van der Waals surface area contributed by atoms with Crippen molar-refractivity contribution >= 4 is 34.0 Å². The lowest BCUT2D eigenvalue weighted by Gasteiger charge is -2.34. The molecule has 60 heavy (non-hydrogen) atoms. The molecule has 8 rings (SSSR count). The molecule has 314 valence electrons. The van der Waals surface area contributed by atoms with Gasteiger partial charge in [-0.2, -0.15) is 0 Å². The summed E-state index contributed by atoms with van der Waals surface area (Å²) in [4.78, 5) is 2.42. The molecule has 0 radical (unpaired) electrons. The SMILES string of the molecule is OC1(c2ccc(OCCCCCCCCCCCCOc3ccc(C4(O)CC(c5cccs5)NN4c4ccccc4)cc3)cc2)CC(c2cccs2)NN1c1ccccc1. The number of benzene rings is 4. The van der Waals surface area contributed by atoms with E-state index in [0.29, 0.717) is 26.1 Å². The molecule has 2 aliphatic rings. The number of thiophene rings is 2. The van der Waals surface area contributed by atoms with Crippen molar-refractivity contribution in [3.8, 4) is 11.5 Å². The molecule has 2 fully saturated rings. The summed E-state index contributed by atoms with van der Waals surface area (Å²) in [7, 11) is 0. The molecule has 4 heterocycles. The standard InChI is InChI=1S/C50H58N4O4S2/c55-49(37-45(47-23-17-35-59-47)51-53(49)41-19-11-9-12-20-41)39-25-29-43(30-26-39)57-33-15-7-5-3-1-2-4-6-8-16-34-58-44-31-27-40(28-32-44)50(56)38-46(48-24-18-36-60-48)52-54(50)42-21-13-10-14-22-42/h9-14,17-32,35-36,45-46,51-52,55-56H,1-8,15-16,33-34,37-38H2. The van der Waals surface area contributed by atoms with E-state index >= 15 is 0 Å². The largest absolute Gasteiger partial charge is 0.494 e. The molecular formula is C50H58N4O4S2. The van der Waals surface area contributed by atoms with E-state index in [9.17, 15) is 10.2 Å². The molecule has 2 aromatic heterocycles. The summed E-state index contributed by atoms with van der Waals surface area (Å²) < 4.78 is 12.2. The molecule has 2 aliphatic heterocycles. The Morgan fingerprint density at radius 1 is 0.467 bits per heavy atom. The summed E-state index contributed by atoms with van der Waals surface area (Å²) >= 11 is 3.42. The minimum absolute atomic E-state index is 0.0319. The first-order valence-electron chi connectivity index (χ1n) is 21.7. The van der Waals surface area contributed by atoms with Crippen LogP contribution in [0.3, 0.4) is 0 Å². The lowest BCUT2D eigenvalue weighted by Crippen LogP contribution is -2.46. The van der Waals surface area contributed by atoms with Crippen molar-refractivity contribution in [1.29, 1.82) is 0 Å². The predicted octanol–water partition coefficient (Wildman–Crippen LogP) is 11.8. The Kier molecular flexibility index (Phi) is 14.2. The highest BCUT2D eigenvalue weighted by Gasteiger charge is 2.48. The van der Waals surface area contributed by atoms with E-state index in [0.717, 1.165) is 46.8 Å². The maximum Gasteiger partial charge on any atom is 0.179 e. The van der Waals surface area contributed by atoms with Crippen molar-refractivity contribution in [2.24, 2.45) is 0 Å². The molecule has 2 saturated heterocycles. The van der Waals surface area contributed by atoms with E-state index < -0.39 is 11.4 Å². The highest BCUT2D eigenvalue weighted by Crippen LogP contribution is 2.46. The second kappa shape index (κ2) is 20.3. The van der Waals surface area contributed by atoms with Gasteiger partial charge in [-0.05, 0) is 84.3 Å². The Morgan fingerprint density at radius 2 is 0.833 bits per heavy atom. The number of hydrogen-bond donors (Lipinski definition) is 4. The molecule has 0 saturated carbocycles. The van der Waals surface area contributed by atoms with E-state index in [-0.39, 0.29) is 12.1 Å². The second-order valence-electron chi connectivity index (χ2n) is 16.1. The number of anilines is 2. The summed E-state index contributed by atoms with van der Waals surface area (Å²) in [5, 5.41) is 32.2. The van der Waals surface area contributed by atoms with E-state index in [4.69, 9.17) is 9.47 Å². The monoisotopic (exact) mass is 842 g/mol. The van der Waals surface area contributed by atoms with Gasteiger partial charge in [0.1, 0.15) is 11.5 Å². The zero-order chi connectivity index (χ0) is 41.0. The first-order valence-corrected chi connectivity index (χ1v) is 23.5. The highest BCUT2D eigenvalue weighted by molar-refractivity contribution is 7.10. The second-order valence-corrected chi connectivity index (χ2v) is 18.0. The molecule has 4 unspecified atom stereocenters.